The molecule has 0 amide bonds. The number of hydrogen-bond donors (Lipinski definition) is 2. The lowest BCUT2D eigenvalue weighted by atomic mass is 10.3. The van der Waals surface area contributed by atoms with Gasteiger partial charge in [-0.2, -0.15) is 10.2 Å². The average molecular weight is 292 g/mol. The standard InChI is InChI=1S/C13H20N6S/c1-4-19-8-11(6-16-19)5-14-13(20)15-7-12-9-18(3)17-10(12)2/h6,8-9H,4-5,7H2,1-3H3,(H2,14,15,20). The van der Waals surface area contributed by atoms with Crippen LogP contribution in [-0.4, -0.2) is 24.7 Å². The maximum absolute atomic E-state index is 5.26. The van der Waals surface area contributed by atoms with Crippen LogP contribution in [0.2, 0.25) is 0 Å². The molecule has 0 aliphatic rings. The molecule has 108 valence electrons. The third kappa shape index (κ3) is 3.80. The molecule has 0 saturated heterocycles. The summed E-state index contributed by atoms with van der Waals surface area (Å²) in [6.45, 7) is 6.29. The zero-order valence-electron chi connectivity index (χ0n) is 12.1. The number of rotatable bonds is 5. The largest absolute Gasteiger partial charge is 0.359 e. The molecule has 0 atom stereocenters. The van der Waals surface area contributed by atoms with E-state index < -0.39 is 0 Å². The van der Waals surface area contributed by atoms with Gasteiger partial charge >= 0.3 is 0 Å². The van der Waals surface area contributed by atoms with E-state index in [9.17, 15) is 0 Å². The second-order valence-electron chi connectivity index (χ2n) is 4.65. The normalized spacial score (nSPS) is 10.6. The van der Waals surface area contributed by atoms with Gasteiger partial charge in [0.1, 0.15) is 0 Å². The van der Waals surface area contributed by atoms with E-state index >= 15 is 0 Å². The van der Waals surface area contributed by atoms with Crippen molar-refractivity contribution >= 4 is 17.3 Å². The van der Waals surface area contributed by atoms with Crippen molar-refractivity contribution in [3.63, 3.8) is 0 Å². The topological polar surface area (TPSA) is 59.7 Å². The fraction of sp³-hybridized carbons (Fsp3) is 0.462. The predicted octanol–water partition coefficient (Wildman–Crippen LogP) is 1.11. The Hall–Kier alpha value is -1.89. The van der Waals surface area contributed by atoms with Crippen LogP contribution in [0.5, 0.6) is 0 Å². The van der Waals surface area contributed by atoms with Gasteiger partial charge in [0.2, 0.25) is 0 Å². The fourth-order valence-electron chi connectivity index (χ4n) is 1.91. The number of nitrogens with one attached hydrogen (secondary N) is 2. The Morgan fingerprint density at radius 1 is 1.30 bits per heavy atom. The Morgan fingerprint density at radius 3 is 2.65 bits per heavy atom. The highest BCUT2D eigenvalue weighted by Crippen LogP contribution is 2.03. The van der Waals surface area contributed by atoms with Gasteiger partial charge in [0.05, 0.1) is 11.9 Å². The summed E-state index contributed by atoms with van der Waals surface area (Å²) in [6.07, 6.45) is 5.86. The lowest BCUT2D eigenvalue weighted by molar-refractivity contribution is 0.659. The molecule has 0 aromatic carbocycles. The molecule has 2 rings (SSSR count). The minimum Gasteiger partial charge on any atom is -0.359 e. The van der Waals surface area contributed by atoms with Gasteiger partial charge in [-0.25, -0.2) is 0 Å². The second-order valence-corrected chi connectivity index (χ2v) is 5.06. The zero-order chi connectivity index (χ0) is 14.5. The molecule has 6 nitrogen and oxygen atoms in total. The van der Waals surface area contributed by atoms with Crippen LogP contribution in [0.15, 0.2) is 18.6 Å². The quantitative estimate of drug-likeness (QED) is 0.809. The molecule has 0 unspecified atom stereocenters. The molecule has 0 radical (unpaired) electrons. The maximum atomic E-state index is 5.26. The van der Waals surface area contributed by atoms with Gasteiger partial charge in [0.25, 0.3) is 0 Å². The molecule has 2 aromatic rings. The van der Waals surface area contributed by atoms with Crippen LogP contribution >= 0.6 is 12.2 Å². The van der Waals surface area contributed by atoms with Crippen molar-refractivity contribution in [1.82, 2.24) is 30.2 Å². The molecular formula is C13H20N6S. The smallest absolute Gasteiger partial charge is 0.166 e. The molecule has 0 saturated carbocycles. The van der Waals surface area contributed by atoms with Crippen molar-refractivity contribution in [3.05, 3.63) is 35.4 Å². The minimum atomic E-state index is 0.637. The van der Waals surface area contributed by atoms with Gasteiger partial charge in [0.15, 0.2) is 5.11 Å². The van der Waals surface area contributed by atoms with Crippen molar-refractivity contribution < 1.29 is 0 Å². The van der Waals surface area contributed by atoms with E-state index in [0.717, 1.165) is 23.4 Å². The molecule has 20 heavy (non-hydrogen) atoms. The first-order valence-electron chi connectivity index (χ1n) is 6.60. The molecule has 0 aliphatic heterocycles. The van der Waals surface area contributed by atoms with Gasteiger partial charge < -0.3 is 10.6 Å². The predicted molar refractivity (Wildman–Crippen MR) is 82.1 cm³/mol. The number of hydrogen-bond acceptors (Lipinski definition) is 3. The third-order valence-corrected chi connectivity index (χ3v) is 3.31. The van der Waals surface area contributed by atoms with Crippen molar-refractivity contribution in [1.29, 1.82) is 0 Å². The highest BCUT2D eigenvalue weighted by atomic mass is 32.1. The molecule has 2 aromatic heterocycles. The summed E-state index contributed by atoms with van der Waals surface area (Å²) in [6, 6.07) is 0. The minimum absolute atomic E-state index is 0.637. The zero-order valence-corrected chi connectivity index (χ0v) is 12.9. The molecule has 0 spiro atoms. The van der Waals surface area contributed by atoms with Crippen LogP contribution in [0.25, 0.3) is 0 Å². The van der Waals surface area contributed by atoms with E-state index in [1.54, 1.807) is 0 Å². The first-order chi connectivity index (χ1) is 9.58. The van der Waals surface area contributed by atoms with E-state index in [-0.39, 0.29) is 0 Å². The van der Waals surface area contributed by atoms with E-state index in [4.69, 9.17) is 12.2 Å². The van der Waals surface area contributed by atoms with Gasteiger partial charge in [-0.05, 0) is 26.1 Å². The molecule has 7 heteroatoms. The third-order valence-electron chi connectivity index (χ3n) is 3.02. The van der Waals surface area contributed by atoms with Crippen molar-refractivity contribution in [2.75, 3.05) is 0 Å². The molecule has 0 fully saturated rings. The lowest BCUT2D eigenvalue weighted by Crippen LogP contribution is -2.34. The number of aromatic nitrogens is 4. The van der Waals surface area contributed by atoms with Gasteiger partial charge in [-0.3, -0.25) is 9.36 Å². The molecule has 0 aliphatic carbocycles. The second kappa shape index (κ2) is 6.51. The van der Waals surface area contributed by atoms with Crippen molar-refractivity contribution in [2.24, 2.45) is 7.05 Å². The van der Waals surface area contributed by atoms with Crippen LogP contribution in [0.1, 0.15) is 23.7 Å². The molecule has 0 bridgehead atoms. The van der Waals surface area contributed by atoms with Gasteiger partial charge in [-0.1, -0.05) is 0 Å². The first-order valence-corrected chi connectivity index (χ1v) is 7.01. The maximum Gasteiger partial charge on any atom is 0.166 e. The first kappa shape index (κ1) is 14.5. The van der Waals surface area contributed by atoms with Crippen LogP contribution in [-0.2, 0) is 26.7 Å². The molecular weight excluding hydrogens is 272 g/mol. The summed E-state index contributed by atoms with van der Waals surface area (Å²) in [7, 11) is 1.92. The van der Waals surface area contributed by atoms with Gasteiger partial charge in [-0.15, -0.1) is 0 Å². The van der Waals surface area contributed by atoms with Crippen LogP contribution in [0.4, 0.5) is 0 Å². The molecule has 2 heterocycles. The highest BCUT2D eigenvalue weighted by molar-refractivity contribution is 7.80. The fourth-order valence-corrected chi connectivity index (χ4v) is 2.06. The van der Waals surface area contributed by atoms with Gasteiger partial charge in [0, 0.05) is 50.2 Å². The average Bonchev–Trinajstić information content (AvgIpc) is 3.00. The Bertz CT molecular complexity index is 585. The Labute approximate surface area is 124 Å². The van der Waals surface area contributed by atoms with E-state index in [1.165, 1.54) is 0 Å². The lowest BCUT2D eigenvalue weighted by Gasteiger charge is -2.09. The number of aryl methyl sites for hydroxylation is 3. The summed E-state index contributed by atoms with van der Waals surface area (Å²) in [5.74, 6) is 0. The van der Waals surface area contributed by atoms with Crippen LogP contribution < -0.4 is 10.6 Å². The SMILES string of the molecule is CCn1cc(CNC(=S)NCc2cn(C)nc2C)cn1. The summed E-state index contributed by atoms with van der Waals surface area (Å²) in [4.78, 5) is 0. The van der Waals surface area contributed by atoms with Crippen molar-refractivity contribution in [3.8, 4) is 0 Å². The van der Waals surface area contributed by atoms with Crippen molar-refractivity contribution in [2.45, 2.75) is 33.5 Å². The van der Waals surface area contributed by atoms with Crippen LogP contribution in [0.3, 0.4) is 0 Å². The summed E-state index contributed by atoms with van der Waals surface area (Å²) in [5, 5.41) is 15.5. The Morgan fingerprint density at radius 2 is 2.05 bits per heavy atom. The summed E-state index contributed by atoms with van der Waals surface area (Å²) >= 11 is 5.26. The Kier molecular flexibility index (Phi) is 4.73. The highest BCUT2D eigenvalue weighted by Gasteiger charge is 2.04. The number of nitrogens with zero attached hydrogens (tertiary/aromatic N) is 4. The number of thiocarbonyl (C=S) groups is 1. The van der Waals surface area contributed by atoms with Crippen LogP contribution in [0, 0.1) is 6.92 Å². The summed E-state index contributed by atoms with van der Waals surface area (Å²) < 4.78 is 3.70. The van der Waals surface area contributed by atoms with E-state index in [0.29, 0.717) is 18.2 Å². The Balaban J connectivity index is 1.76. The monoisotopic (exact) mass is 292 g/mol. The van der Waals surface area contributed by atoms with E-state index in [1.807, 2.05) is 41.9 Å². The molecule has 2 N–H and O–H groups in total. The van der Waals surface area contributed by atoms with E-state index in [2.05, 4.69) is 27.8 Å². The summed E-state index contributed by atoms with van der Waals surface area (Å²) in [5.41, 5.74) is 3.29.